The maximum absolute atomic E-state index is 6.79. The Morgan fingerprint density at radius 3 is 2.71 bits per heavy atom. The molecule has 2 aliphatic rings. The van der Waals surface area contributed by atoms with Gasteiger partial charge in [0.15, 0.2) is 5.65 Å². The lowest BCUT2D eigenvalue weighted by atomic mass is 9.73. The highest BCUT2D eigenvalue weighted by Gasteiger charge is 2.46. The molecule has 9 heteroatoms. The van der Waals surface area contributed by atoms with Crippen LogP contribution in [0.4, 0.5) is 11.6 Å². The maximum atomic E-state index is 6.79. The minimum atomic E-state index is 0.103. The number of nitrogens with zero attached hydrogens (tertiary/aromatic N) is 5. The molecule has 178 valence electrons. The predicted molar refractivity (Wildman–Crippen MR) is 141 cm³/mol. The van der Waals surface area contributed by atoms with Crippen LogP contribution in [-0.4, -0.2) is 33.0 Å². The quantitative estimate of drug-likeness (QED) is 0.404. The summed E-state index contributed by atoms with van der Waals surface area (Å²) in [6.07, 6.45) is 6.63. The summed E-state index contributed by atoms with van der Waals surface area (Å²) >= 11 is 7.71. The third-order valence-corrected chi connectivity index (χ3v) is 9.02. The van der Waals surface area contributed by atoms with Crippen molar-refractivity contribution in [2.45, 2.75) is 42.1 Å². The Kier molecular flexibility index (Phi) is 5.55. The fraction of sp³-hybridized carbons (Fsp3) is 0.308. The van der Waals surface area contributed by atoms with E-state index in [1.807, 2.05) is 24.4 Å². The smallest absolute Gasteiger partial charge is 0.179 e. The van der Waals surface area contributed by atoms with E-state index in [1.54, 1.807) is 6.20 Å². The molecule has 7 nitrogen and oxygen atoms in total. The molecule has 1 aliphatic carbocycles. The van der Waals surface area contributed by atoms with Crippen molar-refractivity contribution >= 4 is 46.2 Å². The molecular weight excluding hydrogens is 478 g/mol. The van der Waals surface area contributed by atoms with Crippen LogP contribution in [0.3, 0.4) is 0 Å². The number of nitrogens with two attached hydrogens (primary N) is 2. The van der Waals surface area contributed by atoms with Gasteiger partial charge in [0.1, 0.15) is 22.2 Å². The van der Waals surface area contributed by atoms with Gasteiger partial charge in [-0.05, 0) is 66.5 Å². The van der Waals surface area contributed by atoms with Crippen LogP contribution in [0.5, 0.6) is 0 Å². The number of halogens is 1. The van der Waals surface area contributed by atoms with E-state index in [4.69, 9.17) is 28.1 Å². The van der Waals surface area contributed by atoms with Crippen LogP contribution in [0.2, 0.25) is 5.02 Å². The Morgan fingerprint density at radius 1 is 1.09 bits per heavy atom. The van der Waals surface area contributed by atoms with Crippen molar-refractivity contribution < 1.29 is 0 Å². The standard InChI is InChI=1S/C26H26ClN7S/c1-15-3-2-4-16-17(15)13-26(23(16)28)8-11-34(12-9-26)20-14-31-25-18(32-20)5-6-21(33-25)35-19-7-10-30-24(29)22(19)27/h2-7,10,14,23H,8-9,11-13,28H2,1H3,(H2,29,30). The minimum absolute atomic E-state index is 0.103. The van der Waals surface area contributed by atoms with Crippen molar-refractivity contribution in [2.24, 2.45) is 11.1 Å². The summed E-state index contributed by atoms with van der Waals surface area (Å²) in [4.78, 5) is 21.3. The van der Waals surface area contributed by atoms with Gasteiger partial charge in [0.2, 0.25) is 0 Å². The van der Waals surface area contributed by atoms with E-state index in [0.717, 1.165) is 53.6 Å². The van der Waals surface area contributed by atoms with E-state index in [0.29, 0.717) is 16.5 Å². The monoisotopic (exact) mass is 503 g/mol. The van der Waals surface area contributed by atoms with Gasteiger partial charge in [0.05, 0.1) is 11.2 Å². The zero-order valence-corrected chi connectivity index (χ0v) is 21.0. The number of rotatable bonds is 3. The molecule has 1 atom stereocenters. The molecule has 0 bridgehead atoms. The molecular formula is C26H26ClN7S. The highest BCUT2D eigenvalue weighted by molar-refractivity contribution is 7.99. The Balaban J connectivity index is 1.18. The lowest BCUT2D eigenvalue weighted by Gasteiger charge is -2.42. The number of hydrogen-bond donors (Lipinski definition) is 2. The molecule has 1 aliphatic heterocycles. The molecule has 4 aromatic rings. The summed E-state index contributed by atoms with van der Waals surface area (Å²) in [5, 5.41) is 1.21. The zero-order chi connectivity index (χ0) is 24.2. The van der Waals surface area contributed by atoms with Crippen LogP contribution in [0.1, 0.15) is 35.6 Å². The van der Waals surface area contributed by atoms with Crippen LogP contribution < -0.4 is 16.4 Å². The summed E-state index contributed by atoms with van der Waals surface area (Å²) in [7, 11) is 0. The van der Waals surface area contributed by atoms with Crippen LogP contribution >= 0.6 is 23.4 Å². The minimum Gasteiger partial charge on any atom is -0.382 e. The molecule has 1 aromatic carbocycles. The summed E-state index contributed by atoms with van der Waals surface area (Å²) in [5.74, 6) is 1.20. The van der Waals surface area contributed by atoms with E-state index in [2.05, 4.69) is 45.0 Å². The van der Waals surface area contributed by atoms with Gasteiger partial charge in [0, 0.05) is 30.2 Å². The van der Waals surface area contributed by atoms with Crippen molar-refractivity contribution in [3.8, 4) is 0 Å². The number of hydrogen-bond acceptors (Lipinski definition) is 8. The third-order valence-electron chi connectivity index (χ3n) is 7.51. The molecule has 4 heterocycles. The third kappa shape index (κ3) is 3.90. The summed E-state index contributed by atoms with van der Waals surface area (Å²) in [5.41, 5.74) is 18.3. The van der Waals surface area contributed by atoms with Crippen molar-refractivity contribution in [3.63, 3.8) is 0 Å². The van der Waals surface area contributed by atoms with Gasteiger partial charge >= 0.3 is 0 Å². The van der Waals surface area contributed by atoms with Gasteiger partial charge in [-0.25, -0.2) is 19.9 Å². The molecule has 4 N–H and O–H groups in total. The van der Waals surface area contributed by atoms with E-state index in [1.165, 1.54) is 28.5 Å². The number of benzene rings is 1. The normalized spacial score (nSPS) is 18.8. The summed E-state index contributed by atoms with van der Waals surface area (Å²) in [6.45, 7) is 4.04. The van der Waals surface area contributed by atoms with Crippen LogP contribution in [-0.2, 0) is 6.42 Å². The fourth-order valence-corrected chi connectivity index (χ4v) is 6.48. The molecule has 1 saturated heterocycles. The van der Waals surface area contributed by atoms with E-state index in [-0.39, 0.29) is 11.5 Å². The molecule has 0 radical (unpaired) electrons. The van der Waals surface area contributed by atoms with E-state index in [9.17, 15) is 0 Å². The van der Waals surface area contributed by atoms with Crippen molar-refractivity contribution in [3.05, 3.63) is 70.5 Å². The van der Waals surface area contributed by atoms with E-state index >= 15 is 0 Å². The average Bonchev–Trinajstić information content (AvgIpc) is 3.14. The first kappa shape index (κ1) is 22.5. The fourth-order valence-electron chi connectivity index (χ4n) is 5.44. The summed E-state index contributed by atoms with van der Waals surface area (Å²) < 4.78 is 0. The van der Waals surface area contributed by atoms with E-state index < -0.39 is 0 Å². The van der Waals surface area contributed by atoms with Crippen LogP contribution in [0.15, 0.2) is 58.7 Å². The Bertz CT molecular complexity index is 1430. The molecule has 1 unspecified atom stereocenters. The van der Waals surface area contributed by atoms with Crippen molar-refractivity contribution in [1.82, 2.24) is 19.9 Å². The number of aryl methyl sites for hydroxylation is 1. The first-order valence-electron chi connectivity index (χ1n) is 11.7. The lowest BCUT2D eigenvalue weighted by molar-refractivity contribution is 0.187. The number of piperidine rings is 1. The van der Waals surface area contributed by atoms with Gasteiger partial charge in [-0.2, -0.15) is 0 Å². The number of nitrogen functional groups attached to an aromatic ring is 1. The van der Waals surface area contributed by atoms with Gasteiger partial charge in [-0.1, -0.05) is 41.6 Å². The molecule has 1 spiro atoms. The topological polar surface area (TPSA) is 107 Å². The van der Waals surface area contributed by atoms with Crippen molar-refractivity contribution in [1.29, 1.82) is 0 Å². The SMILES string of the molecule is Cc1cccc2c1CC1(CCN(c3cnc4nc(Sc5ccnc(N)c5Cl)ccc4n3)CC1)C2N. The average molecular weight is 504 g/mol. The molecule has 3 aromatic heterocycles. The molecule has 6 rings (SSSR count). The number of anilines is 2. The second kappa shape index (κ2) is 8.62. The number of pyridine rings is 2. The second-order valence-corrected chi connectivity index (χ2v) is 10.9. The van der Waals surface area contributed by atoms with Gasteiger partial charge in [0.25, 0.3) is 0 Å². The van der Waals surface area contributed by atoms with Crippen molar-refractivity contribution in [2.75, 3.05) is 23.7 Å². The first-order chi connectivity index (χ1) is 16.9. The summed E-state index contributed by atoms with van der Waals surface area (Å²) in [6, 6.07) is 12.4. The Hall–Kier alpha value is -2.94. The van der Waals surface area contributed by atoms with Gasteiger partial charge < -0.3 is 16.4 Å². The molecule has 0 saturated carbocycles. The zero-order valence-electron chi connectivity index (χ0n) is 19.4. The Labute approximate surface area is 213 Å². The largest absolute Gasteiger partial charge is 0.382 e. The van der Waals surface area contributed by atoms with Gasteiger partial charge in [-0.15, -0.1) is 0 Å². The number of aromatic nitrogens is 4. The predicted octanol–water partition coefficient (Wildman–Crippen LogP) is 4.96. The molecule has 0 amide bonds. The maximum Gasteiger partial charge on any atom is 0.179 e. The number of fused-ring (bicyclic) bond motifs is 2. The van der Waals surface area contributed by atoms with Gasteiger partial charge in [-0.3, -0.25) is 0 Å². The van der Waals surface area contributed by atoms with Crippen LogP contribution in [0, 0.1) is 12.3 Å². The molecule has 1 fully saturated rings. The second-order valence-electron chi connectivity index (χ2n) is 9.48. The molecule has 35 heavy (non-hydrogen) atoms. The Morgan fingerprint density at radius 2 is 1.91 bits per heavy atom. The van der Waals surface area contributed by atoms with Crippen LogP contribution in [0.25, 0.3) is 11.2 Å². The highest BCUT2D eigenvalue weighted by Crippen LogP contribution is 2.51. The first-order valence-corrected chi connectivity index (χ1v) is 12.9. The lowest BCUT2D eigenvalue weighted by Crippen LogP contribution is -2.44. The highest BCUT2D eigenvalue weighted by atomic mass is 35.5.